The highest BCUT2D eigenvalue weighted by molar-refractivity contribution is 5.92. The Morgan fingerprint density at radius 1 is 1.18 bits per heavy atom. The molecule has 10 heteroatoms. The summed E-state index contributed by atoms with van der Waals surface area (Å²) >= 11 is 0. The minimum atomic E-state index is -0.840. The number of nitriles is 1. The number of hydrogen-bond donors (Lipinski definition) is 1. The van der Waals surface area contributed by atoms with Crippen LogP contribution in [0.25, 0.3) is 17.1 Å². The summed E-state index contributed by atoms with van der Waals surface area (Å²) in [7, 11) is 1.56. The average Bonchev–Trinajstić information content (AvgIpc) is 3.30. The number of hydrogen-bond acceptors (Lipinski definition) is 6. The fraction of sp³-hybridized carbons (Fsp3) is 0.167. The van der Waals surface area contributed by atoms with Crippen molar-refractivity contribution >= 4 is 11.7 Å². The molecule has 2 aromatic heterocycles. The van der Waals surface area contributed by atoms with Crippen LogP contribution in [0.4, 0.5) is 10.2 Å². The predicted octanol–water partition coefficient (Wildman–Crippen LogP) is 3.57. The number of carbonyl (C=O) groups excluding carboxylic acids is 1. The van der Waals surface area contributed by atoms with Gasteiger partial charge >= 0.3 is 5.76 Å². The summed E-state index contributed by atoms with van der Waals surface area (Å²) in [4.78, 5) is 25.1. The number of anilines is 1. The van der Waals surface area contributed by atoms with Crippen LogP contribution in [0, 0.1) is 31.0 Å². The van der Waals surface area contributed by atoms with Crippen molar-refractivity contribution in [2.24, 2.45) is 0 Å². The smallest absolute Gasteiger partial charge is 0.437 e. The number of amides is 1. The SMILES string of the molecule is COc1ccc(-n2c(C)c(C)c(C#N)c2NC(=O)Cn2nc(-c3ccc(F)cc3)oc2=O)cc1. The number of rotatable bonds is 6. The lowest BCUT2D eigenvalue weighted by Crippen LogP contribution is -2.27. The lowest BCUT2D eigenvalue weighted by molar-refractivity contribution is -0.117. The summed E-state index contributed by atoms with van der Waals surface area (Å²) in [6.45, 7) is 3.19. The third-order valence-corrected chi connectivity index (χ3v) is 5.40. The second kappa shape index (κ2) is 9.07. The van der Waals surface area contributed by atoms with Crippen molar-refractivity contribution in [3.8, 4) is 29.0 Å². The van der Waals surface area contributed by atoms with E-state index < -0.39 is 24.0 Å². The van der Waals surface area contributed by atoms with E-state index in [2.05, 4.69) is 16.5 Å². The van der Waals surface area contributed by atoms with Crippen LogP contribution in [-0.4, -0.2) is 27.4 Å². The normalized spacial score (nSPS) is 10.7. The molecule has 0 saturated carbocycles. The Labute approximate surface area is 193 Å². The topological polar surface area (TPSA) is 115 Å². The highest BCUT2D eigenvalue weighted by atomic mass is 19.1. The van der Waals surface area contributed by atoms with Crippen LogP contribution in [0.1, 0.15) is 16.8 Å². The van der Waals surface area contributed by atoms with E-state index >= 15 is 0 Å². The Morgan fingerprint density at radius 2 is 1.85 bits per heavy atom. The van der Waals surface area contributed by atoms with Crippen molar-refractivity contribution in [2.75, 3.05) is 12.4 Å². The third kappa shape index (κ3) is 4.19. The van der Waals surface area contributed by atoms with Crippen LogP contribution in [0.15, 0.2) is 57.7 Å². The molecule has 1 N–H and O–H groups in total. The van der Waals surface area contributed by atoms with Gasteiger partial charge in [0, 0.05) is 16.9 Å². The highest BCUT2D eigenvalue weighted by Crippen LogP contribution is 2.30. The summed E-state index contributed by atoms with van der Waals surface area (Å²) in [6, 6.07) is 14.5. The summed E-state index contributed by atoms with van der Waals surface area (Å²) in [5.41, 5.74) is 2.90. The van der Waals surface area contributed by atoms with Crippen LogP contribution in [-0.2, 0) is 11.3 Å². The van der Waals surface area contributed by atoms with Gasteiger partial charge in [-0.3, -0.25) is 9.36 Å². The van der Waals surface area contributed by atoms with Crippen molar-refractivity contribution in [2.45, 2.75) is 20.4 Å². The molecule has 172 valence electrons. The molecule has 4 aromatic rings. The van der Waals surface area contributed by atoms with E-state index in [-0.39, 0.29) is 11.7 Å². The van der Waals surface area contributed by atoms with Gasteiger partial charge in [0.1, 0.15) is 30.0 Å². The number of nitrogens with one attached hydrogen (secondary N) is 1. The van der Waals surface area contributed by atoms with Crippen molar-refractivity contribution in [1.82, 2.24) is 14.3 Å². The van der Waals surface area contributed by atoms with E-state index in [9.17, 15) is 19.2 Å². The van der Waals surface area contributed by atoms with Gasteiger partial charge in [0.25, 0.3) is 0 Å². The van der Waals surface area contributed by atoms with Gasteiger partial charge in [0.2, 0.25) is 11.8 Å². The highest BCUT2D eigenvalue weighted by Gasteiger charge is 2.22. The van der Waals surface area contributed by atoms with Gasteiger partial charge in [-0.15, -0.1) is 5.10 Å². The predicted molar refractivity (Wildman–Crippen MR) is 121 cm³/mol. The molecule has 0 unspecified atom stereocenters. The number of aromatic nitrogens is 3. The first-order chi connectivity index (χ1) is 16.3. The van der Waals surface area contributed by atoms with Crippen molar-refractivity contribution in [3.05, 3.63) is 81.7 Å². The van der Waals surface area contributed by atoms with E-state index in [0.717, 1.165) is 16.1 Å². The molecule has 0 aliphatic heterocycles. The van der Waals surface area contributed by atoms with E-state index in [1.165, 1.54) is 24.3 Å². The molecule has 9 nitrogen and oxygen atoms in total. The van der Waals surface area contributed by atoms with E-state index in [0.29, 0.717) is 22.4 Å². The molecular formula is C24H20FN5O4. The zero-order valence-electron chi connectivity index (χ0n) is 18.6. The first-order valence-corrected chi connectivity index (χ1v) is 10.2. The Kier molecular flexibility index (Phi) is 6.01. The first-order valence-electron chi connectivity index (χ1n) is 10.2. The quantitative estimate of drug-likeness (QED) is 0.469. The van der Waals surface area contributed by atoms with Crippen LogP contribution in [0.5, 0.6) is 5.75 Å². The van der Waals surface area contributed by atoms with Gasteiger partial charge in [0.05, 0.1) is 12.7 Å². The average molecular weight is 461 g/mol. The van der Waals surface area contributed by atoms with Gasteiger partial charge in [-0.1, -0.05) is 0 Å². The number of halogens is 1. The Balaban J connectivity index is 1.63. The molecule has 2 heterocycles. The molecule has 0 aliphatic carbocycles. The summed E-state index contributed by atoms with van der Waals surface area (Å²) in [6.07, 6.45) is 0. The molecule has 0 saturated heterocycles. The lowest BCUT2D eigenvalue weighted by Gasteiger charge is -2.13. The second-order valence-electron chi connectivity index (χ2n) is 7.47. The summed E-state index contributed by atoms with van der Waals surface area (Å²) < 4.78 is 26.1. The van der Waals surface area contributed by atoms with Gasteiger partial charge in [-0.25, -0.2) is 9.18 Å². The molecule has 0 fully saturated rings. The van der Waals surface area contributed by atoms with Crippen LogP contribution in [0.3, 0.4) is 0 Å². The maximum Gasteiger partial charge on any atom is 0.437 e. The summed E-state index contributed by atoms with van der Waals surface area (Å²) in [5, 5.41) is 16.5. The molecule has 34 heavy (non-hydrogen) atoms. The number of nitrogens with zero attached hydrogens (tertiary/aromatic N) is 4. The zero-order chi connectivity index (χ0) is 24.4. The third-order valence-electron chi connectivity index (χ3n) is 5.40. The molecule has 0 spiro atoms. The largest absolute Gasteiger partial charge is 0.497 e. The molecule has 0 radical (unpaired) electrons. The maximum atomic E-state index is 13.1. The van der Waals surface area contributed by atoms with Gasteiger partial charge in [-0.05, 0) is 67.9 Å². The van der Waals surface area contributed by atoms with Crippen molar-refractivity contribution in [3.63, 3.8) is 0 Å². The second-order valence-corrected chi connectivity index (χ2v) is 7.47. The van der Waals surface area contributed by atoms with Crippen LogP contribution >= 0.6 is 0 Å². The van der Waals surface area contributed by atoms with Gasteiger partial charge in [-0.2, -0.15) is 9.94 Å². The number of benzene rings is 2. The molecule has 4 rings (SSSR count). The zero-order valence-corrected chi connectivity index (χ0v) is 18.6. The van der Waals surface area contributed by atoms with Crippen LogP contribution in [0.2, 0.25) is 0 Å². The number of ether oxygens (including phenoxy) is 1. The number of carbonyl (C=O) groups is 1. The maximum absolute atomic E-state index is 13.1. The van der Waals surface area contributed by atoms with Gasteiger partial charge in [0.15, 0.2) is 0 Å². The number of methoxy groups -OCH3 is 1. The Bertz CT molecular complexity index is 1460. The van der Waals surface area contributed by atoms with Gasteiger partial charge < -0.3 is 14.5 Å². The fourth-order valence-corrected chi connectivity index (χ4v) is 3.54. The van der Waals surface area contributed by atoms with E-state index in [1.54, 1.807) is 42.9 Å². The van der Waals surface area contributed by atoms with Crippen molar-refractivity contribution < 1.29 is 18.3 Å². The molecule has 0 bridgehead atoms. The molecule has 0 aliphatic rings. The fourth-order valence-electron chi connectivity index (χ4n) is 3.54. The molecular weight excluding hydrogens is 441 g/mol. The Hall–Kier alpha value is -4.65. The lowest BCUT2D eigenvalue weighted by atomic mass is 10.2. The van der Waals surface area contributed by atoms with Crippen LogP contribution < -0.4 is 15.8 Å². The standard InChI is InChI=1S/C24H20FN5O4/c1-14-15(2)30(18-8-10-19(33-3)11-9-18)22(20(14)12-26)27-21(31)13-29-24(32)34-23(28-29)16-4-6-17(25)7-5-16/h4-11H,13H2,1-3H3,(H,27,31). The van der Waals surface area contributed by atoms with E-state index in [1.807, 2.05) is 6.92 Å². The Morgan fingerprint density at radius 3 is 2.47 bits per heavy atom. The molecule has 1 amide bonds. The molecule has 0 atom stereocenters. The minimum absolute atomic E-state index is 0.0381. The van der Waals surface area contributed by atoms with Crippen molar-refractivity contribution in [1.29, 1.82) is 5.26 Å². The minimum Gasteiger partial charge on any atom is -0.497 e. The summed E-state index contributed by atoms with van der Waals surface area (Å²) in [5.74, 6) is -0.952. The monoisotopic (exact) mass is 461 g/mol. The molecule has 2 aromatic carbocycles. The first kappa shape index (κ1) is 22.5. The van der Waals surface area contributed by atoms with E-state index in [4.69, 9.17) is 9.15 Å².